The first-order valence-corrected chi connectivity index (χ1v) is 7.31. The lowest BCUT2D eigenvalue weighted by molar-refractivity contribution is -0.0279. The molecule has 0 heterocycles. The van der Waals surface area contributed by atoms with Crippen molar-refractivity contribution in [2.75, 3.05) is 0 Å². The number of hydrogen-bond acceptors (Lipinski definition) is 1. The third-order valence-corrected chi connectivity index (χ3v) is 4.86. The zero-order valence-electron chi connectivity index (χ0n) is 10.9. The first-order valence-electron chi connectivity index (χ1n) is 6.56. The van der Waals surface area contributed by atoms with Crippen LogP contribution < -0.4 is 0 Å². The average Bonchev–Trinajstić information content (AvgIpc) is 2.28. The molecular formula is C15H20Cl2O. The fourth-order valence-corrected chi connectivity index (χ4v) is 3.34. The Hall–Kier alpha value is -0.240. The van der Waals surface area contributed by atoms with Gasteiger partial charge in [0.05, 0.1) is 5.60 Å². The van der Waals surface area contributed by atoms with E-state index < -0.39 is 5.60 Å². The van der Waals surface area contributed by atoms with Crippen molar-refractivity contribution in [3.05, 3.63) is 33.8 Å². The molecule has 0 spiro atoms. The molecule has 0 radical (unpaired) electrons. The van der Waals surface area contributed by atoms with Gasteiger partial charge < -0.3 is 5.11 Å². The van der Waals surface area contributed by atoms with Gasteiger partial charge >= 0.3 is 0 Å². The average molecular weight is 287 g/mol. The molecule has 0 amide bonds. The molecule has 100 valence electrons. The van der Waals surface area contributed by atoms with Crippen molar-refractivity contribution in [1.82, 2.24) is 0 Å². The lowest BCUT2D eigenvalue weighted by Gasteiger charge is -2.39. The first-order chi connectivity index (χ1) is 8.39. The largest absolute Gasteiger partial charge is 0.390 e. The van der Waals surface area contributed by atoms with Crippen LogP contribution in [0, 0.1) is 11.8 Å². The van der Waals surface area contributed by atoms with E-state index in [2.05, 4.69) is 13.8 Å². The van der Waals surface area contributed by atoms with Crippen LogP contribution in [0.25, 0.3) is 0 Å². The molecule has 1 fully saturated rings. The number of benzene rings is 1. The van der Waals surface area contributed by atoms with Crippen molar-refractivity contribution in [3.8, 4) is 0 Å². The van der Waals surface area contributed by atoms with E-state index in [9.17, 15) is 5.11 Å². The summed E-state index contributed by atoms with van der Waals surface area (Å²) in [7, 11) is 0. The standard InChI is InChI=1S/C15H20Cl2O/c1-10-5-6-15(18,8-11(10)2)9-12-3-4-13(16)7-14(12)17/h3-4,7,10-11,18H,5-6,8-9H2,1-2H3. The smallest absolute Gasteiger partial charge is 0.0691 e. The van der Waals surface area contributed by atoms with Crippen LogP contribution in [0.2, 0.25) is 10.0 Å². The molecule has 1 N–H and O–H groups in total. The highest BCUT2D eigenvalue weighted by molar-refractivity contribution is 6.35. The van der Waals surface area contributed by atoms with Crippen molar-refractivity contribution >= 4 is 23.2 Å². The Morgan fingerprint density at radius 3 is 2.61 bits per heavy atom. The second-order valence-electron chi connectivity index (χ2n) is 5.83. The van der Waals surface area contributed by atoms with Gasteiger partial charge in [0.15, 0.2) is 0 Å². The molecule has 18 heavy (non-hydrogen) atoms. The van der Waals surface area contributed by atoms with Crippen molar-refractivity contribution in [1.29, 1.82) is 0 Å². The fourth-order valence-electron chi connectivity index (χ4n) is 2.86. The Morgan fingerprint density at radius 1 is 1.28 bits per heavy atom. The molecule has 1 aromatic carbocycles. The van der Waals surface area contributed by atoms with E-state index in [4.69, 9.17) is 23.2 Å². The van der Waals surface area contributed by atoms with Gasteiger partial charge in [-0.15, -0.1) is 0 Å². The van der Waals surface area contributed by atoms with E-state index in [0.29, 0.717) is 28.3 Å². The minimum atomic E-state index is -0.608. The molecule has 1 aromatic rings. The van der Waals surface area contributed by atoms with Crippen LogP contribution in [0.3, 0.4) is 0 Å². The Kier molecular flexibility index (Phi) is 4.25. The van der Waals surface area contributed by atoms with Crippen LogP contribution in [0.4, 0.5) is 0 Å². The highest BCUT2D eigenvalue weighted by atomic mass is 35.5. The molecule has 3 atom stereocenters. The lowest BCUT2D eigenvalue weighted by atomic mass is 9.71. The Morgan fingerprint density at radius 2 is 2.00 bits per heavy atom. The summed E-state index contributed by atoms with van der Waals surface area (Å²) in [5, 5.41) is 12.0. The quantitative estimate of drug-likeness (QED) is 0.834. The van der Waals surface area contributed by atoms with Crippen LogP contribution in [0.15, 0.2) is 18.2 Å². The lowest BCUT2D eigenvalue weighted by Crippen LogP contribution is -2.39. The highest BCUT2D eigenvalue weighted by Crippen LogP contribution is 2.39. The minimum Gasteiger partial charge on any atom is -0.390 e. The molecule has 0 saturated heterocycles. The number of aliphatic hydroxyl groups is 1. The number of hydrogen-bond donors (Lipinski definition) is 1. The van der Waals surface area contributed by atoms with E-state index in [-0.39, 0.29) is 0 Å². The molecule has 1 nitrogen and oxygen atoms in total. The monoisotopic (exact) mass is 286 g/mol. The van der Waals surface area contributed by atoms with Gasteiger partial charge in [0.2, 0.25) is 0 Å². The van der Waals surface area contributed by atoms with Gasteiger partial charge in [0, 0.05) is 16.5 Å². The van der Waals surface area contributed by atoms with E-state index >= 15 is 0 Å². The van der Waals surface area contributed by atoms with Crippen LogP contribution >= 0.6 is 23.2 Å². The molecule has 0 bridgehead atoms. The van der Waals surface area contributed by atoms with Crippen molar-refractivity contribution in [3.63, 3.8) is 0 Å². The van der Waals surface area contributed by atoms with E-state index in [1.54, 1.807) is 6.07 Å². The Labute approximate surface area is 119 Å². The van der Waals surface area contributed by atoms with Gasteiger partial charge in [-0.05, 0) is 48.8 Å². The third kappa shape index (κ3) is 3.20. The minimum absolute atomic E-state index is 0.565. The molecule has 3 unspecified atom stereocenters. The molecule has 0 aliphatic heterocycles. The molecule has 1 saturated carbocycles. The number of halogens is 2. The second-order valence-corrected chi connectivity index (χ2v) is 6.68. The van der Waals surface area contributed by atoms with Crippen LogP contribution in [-0.2, 0) is 6.42 Å². The van der Waals surface area contributed by atoms with Gasteiger partial charge in [-0.25, -0.2) is 0 Å². The predicted molar refractivity (Wildman–Crippen MR) is 77.3 cm³/mol. The van der Waals surface area contributed by atoms with E-state index in [1.165, 1.54) is 0 Å². The summed E-state index contributed by atoms with van der Waals surface area (Å²) in [4.78, 5) is 0. The summed E-state index contributed by atoms with van der Waals surface area (Å²) in [5.74, 6) is 1.26. The highest BCUT2D eigenvalue weighted by Gasteiger charge is 2.36. The number of rotatable bonds is 2. The maximum Gasteiger partial charge on any atom is 0.0691 e. The fraction of sp³-hybridized carbons (Fsp3) is 0.600. The topological polar surface area (TPSA) is 20.2 Å². The predicted octanol–water partition coefficient (Wildman–Crippen LogP) is 4.72. The van der Waals surface area contributed by atoms with Crippen molar-refractivity contribution in [2.45, 2.75) is 45.1 Å². The summed E-state index contributed by atoms with van der Waals surface area (Å²) in [5.41, 5.74) is 0.383. The first kappa shape index (κ1) is 14.2. The summed E-state index contributed by atoms with van der Waals surface area (Å²) in [6.45, 7) is 4.48. The molecule has 1 aliphatic carbocycles. The van der Waals surface area contributed by atoms with Crippen LogP contribution in [-0.4, -0.2) is 10.7 Å². The van der Waals surface area contributed by atoms with E-state index in [0.717, 1.165) is 24.8 Å². The van der Waals surface area contributed by atoms with Gasteiger partial charge in [-0.3, -0.25) is 0 Å². The normalized spacial score (nSPS) is 32.5. The van der Waals surface area contributed by atoms with Crippen molar-refractivity contribution < 1.29 is 5.11 Å². The summed E-state index contributed by atoms with van der Waals surface area (Å²) >= 11 is 12.1. The third-order valence-electron chi connectivity index (χ3n) is 4.27. The molecule has 3 heteroatoms. The van der Waals surface area contributed by atoms with Crippen LogP contribution in [0.5, 0.6) is 0 Å². The van der Waals surface area contributed by atoms with Gasteiger partial charge in [-0.1, -0.05) is 43.1 Å². The second kappa shape index (κ2) is 5.40. The zero-order valence-corrected chi connectivity index (χ0v) is 12.4. The molecular weight excluding hydrogens is 267 g/mol. The van der Waals surface area contributed by atoms with Gasteiger partial charge in [0.25, 0.3) is 0 Å². The summed E-state index contributed by atoms with van der Waals surface area (Å²) in [6.07, 6.45) is 3.42. The zero-order chi connectivity index (χ0) is 13.3. The van der Waals surface area contributed by atoms with Crippen molar-refractivity contribution in [2.24, 2.45) is 11.8 Å². The van der Waals surface area contributed by atoms with Crippen LogP contribution in [0.1, 0.15) is 38.7 Å². The summed E-state index contributed by atoms with van der Waals surface area (Å²) in [6, 6.07) is 5.50. The van der Waals surface area contributed by atoms with Gasteiger partial charge in [-0.2, -0.15) is 0 Å². The maximum absolute atomic E-state index is 10.7. The Balaban J connectivity index is 2.13. The molecule has 1 aliphatic rings. The van der Waals surface area contributed by atoms with E-state index in [1.807, 2.05) is 12.1 Å². The molecule has 0 aromatic heterocycles. The maximum atomic E-state index is 10.7. The van der Waals surface area contributed by atoms with Gasteiger partial charge in [0.1, 0.15) is 0 Å². The summed E-state index contributed by atoms with van der Waals surface area (Å²) < 4.78 is 0. The Bertz CT molecular complexity index is 433. The molecule has 2 rings (SSSR count). The SMILES string of the molecule is CC1CCC(O)(Cc2ccc(Cl)cc2Cl)CC1C.